The molecule has 0 radical (unpaired) electrons. The average molecular weight is 423 g/mol. The fourth-order valence-electron chi connectivity index (χ4n) is 5.00. The lowest BCUT2D eigenvalue weighted by atomic mass is 9.56. The summed E-state index contributed by atoms with van der Waals surface area (Å²) in [5.41, 5.74) is -0.800. The monoisotopic (exact) mass is 423 g/mol. The first kappa shape index (κ1) is 18.7. The van der Waals surface area contributed by atoms with E-state index in [1.54, 1.807) is 0 Å². The number of rotatable bonds is 1. The Labute approximate surface area is 164 Å². The van der Waals surface area contributed by atoms with Gasteiger partial charge in [0.2, 0.25) is 17.6 Å². The van der Waals surface area contributed by atoms with E-state index in [0.29, 0.717) is 11.1 Å². The molecule has 4 aliphatic rings. The number of hydrogen-bond donors (Lipinski definition) is 1. The number of phenols is 1. The predicted molar refractivity (Wildman–Crippen MR) is 88.9 cm³/mol. The van der Waals surface area contributed by atoms with Gasteiger partial charge in [-0.15, -0.1) is 0 Å². The third-order valence-electron chi connectivity index (χ3n) is 6.17. The van der Waals surface area contributed by atoms with Crippen LogP contribution in [0.4, 0.5) is 27.6 Å². The molecule has 1 saturated heterocycles. The molecule has 1 N–H and O–H groups in total. The molecule has 4 atom stereocenters. The zero-order chi connectivity index (χ0) is 21.6. The standard InChI is InChI=1S/C20H10F5NO4/c21-13-14(22)16(24)18(17(25)15(13)23)26-19(29)11-8-4-9(28)10(12(11)20(26)30)6-2-1-5(27)3-7(6)8/h1-3,8,10-12,27H,4H2/t8-,10-,11+,12-/m0/s1. The molecule has 154 valence electrons. The Kier molecular flexibility index (Phi) is 3.66. The van der Waals surface area contributed by atoms with Crippen LogP contribution in [0.3, 0.4) is 0 Å². The number of carbonyl (C=O) groups is 3. The van der Waals surface area contributed by atoms with Gasteiger partial charge in [0.05, 0.1) is 17.8 Å². The third kappa shape index (κ3) is 2.08. The van der Waals surface area contributed by atoms with E-state index < -0.39 is 70.3 Å². The van der Waals surface area contributed by atoms with Crippen LogP contribution in [0.1, 0.15) is 29.4 Å². The summed E-state index contributed by atoms with van der Waals surface area (Å²) in [7, 11) is 0. The summed E-state index contributed by atoms with van der Waals surface area (Å²) in [6, 6.07) is 4.06. The van der Waals surface area contributed by atoms with Crippen molar-refractivity contribution in [2.75, 3.05) is 4.90 Å². The van der Waals surface area contributed by atoms with Crippen LogP contribution in [-0.2, 0) is 14.4 Å². The number of benzene rings is 2. The molecule has 3 aliphatic carbocycles. The Balaban J connectivity index is 1.70. The first-order chi connectivity index (χ1) is 14.1. The highest BCUT2D eigenvalue weighted by molar-refractivity contribution is 6.24. The molecule has 2 bridgehead atoms. The van der Waals surface area contributed by atoms with E-state index in [4.69, 9.17) is 0 Å². The normalized spacial score (nSPS) is 27.0. The molecular formula is C20H10F5NO4. The van der Waals surface area contributed by atoms with Crippen molar-refractivity contribution >= 4 is 23.3 Å². The molecule has 1 aliphatic heterocycles. The topological polar surface area (TPSA) is 74.7 Å². The second-order valence-electron chi connectivity index (χ2n) is 7.55. The van der Waals surface area contributed by atoms with Crippen LogP contribution in [0.2, 0.25) is 0 Å². The summed E-state index contributed by atoms with van der Waals surface area (Å²) in [6.45, 7) is 0. The van der Waals surface area contributed by atoms with Gasteiger partial charge in [-0.2, -0.15) is 0 Å². The fourth-order valence-corrected chi connectivity index (χ4v) is 5.00. The summed E-state index contributed by atoms with van der Waals surface area (Å²) < 4.78 is 69.4. The zero-order valence-electron chi connectivity index (χ0n) is 14.8. The maximum Gasteiger partial charge on any atom is 0.238 e. The molecule has 0 spiro atoms. The van der Waals surface area contributed by atoms with Gasteiger partial charge in [0.15, 0.2) is 23.3 Å². The van der Waals surface area contributed by atoms with E-state index in [9.17, 15) is 41.4 Å². The van der Waals surface area contributed by atoms with Crippen LogP contribution >= 0.6 is 0 Å². The number of Topliss-reactive ketones (excluding diaryl/α,β-unsaturated/α-hetero) is 1. The van der Waals surface area contributed by atoms with Crippen molar-refractivity contribution in [3.63, 3.8) is 0 Å². The molecule has 1 saturated carbocycles. The Hall–Kier alpha value is -3.30. The largest absolute Gasteiger partial charge is 0.508 e. The number of anilines is 1. The number of carbonyl (C=O) groups excluding carboxylic acids is 3. The van der Waals surface area contributed by atoms with Crippen LogP contribution in [0.5, 0.6) is 5.75 Å². The minimum atomic E-state index is -2.41. The molecule has 0 unspecified atom stereocenters. The number of halogens is 5. The van der Waals surface area contributed by atoms with Gasteiger partial charge >= 0.3 is 0 Å². The zero-order valence-corrected chi connectivity index (χ0v) is 14.8. The molecule has 5 nitrogen and oxygen atoms in total. The third-order valence-corrected chi connectivity index (χ3v) is 6.17. The number of ketones is 1. The highest BCUT2D eigenvalue weighted by atomic mass is 19.2. The van der Waals surface area contributed by atoms with Gasteiger partial charge in [-0.1, -0.05) is 6.07 Å². The van der Waals surface area contributed by atoms with Crippen molar-refractivity contribution in [1.82, 2.24) is 0 Å². The number of imide groups is 1. The molecule has 1 heterocycles. The highest BCUT2D eigenvalue weighted by Gasteiger charge is 2.63. The number of fused-ring (bicyclic) bond motifs is 1. The van der Waals surface area contributed by atoms with Gasteiger partial charge < -0.3 is 5.11 Å². The molecule has 30 heavy (non-hydrogen) atoms. The lowest BCUT2D eigenvalue weighted by molar-refractivity contribution is -0.134. The molecule has 0 aromatic heterocycles. The van der Waals surface area contributed by atoms with Crippen LogP contribution in [0.25, 0.3) is 0 Å². The molecule has 6 rings (SSSR count). The van der Waals surface area contributed by atoms with Crippen molar-refractivity contribution in [2.45, 2.75) is 18.3 Å². The van der Waals surface area contributed by atoms with Crippen LogP contribution in [-0.4, -0.2) is 22.7 Å². The van der Waals surface area contributed by atoms with Crippen molar-refractivity contribution in [2.24, 2.45) is 11.8 Å². The first-order valence-electron chi connectivity index (χ1n) is 8.89. The summed E-state index contributed by atoms with van der Waals surface area (Å²) in [5, 5.41) is 9.77. The fraction of sp³-hybridized carbons (Fsp3) is 0.250. The maximum absolute atomic E-state index is 14.3. The van der Waals surface area contributed by atoms with E-state index in [-0.39, 0.29) is 22.9 Å². The average Bonchev–Trinajstić information content (AvgIpc) is 2.97. The molecule has 2 fully saturated rings. The van der Waals surface area contributed by atoms with Gasteiger partial charge in [-0.3, -0.25) is 14.4 Å². The van der Waals surface area contributed by atoms with Gasteiger partial charge in [-0.25, -0.2) is 26.9 Å². The molecule has 2 amide bonds. The first-order valence-corrected chi connectivity index (χ1v) is 8.89. The molecule has 2 aromatic carbocycles. The lowest BCUT2D eigenvalue weighted by Gasteiger charge is -2.43. The van der Waals surface area contributed by atoms with E-state index in [2.05, 4.69) is 0 Å². The second-order valence-corrected chi connectivity index (χ2v) is 7.55. The maximum atomic E-state index is 14.3. The summed E-state index contributed by atoms with van der Waals surface area (Å²) in [6.07, 6.45) is -0.147. The van der Waals surface area contributed by atoms with E-state index in [0.717, 1.165) is 0 Å². The van der Waals surface area contributed by atoms with Crippen molar-refractivity contribution in [3.05, 3.63) is 58.4 Å². The van der Waals surface area contributed by atoms with Crippen LogP contribution in [0, 0.1) is 40.9 Å². The van der Waals surface area contributed by atoms with Gasteiger partial charge in [0.25, 0.3) is 0 Å². The minimum absolute atomic E-state index is 0.0318. The van der Waals surface area contributed by atoms with E-state index in [1.165, 1.54) is 18.2 Å². The minimum Gasteiger partial charge on any atom is -0.508 e. The molecule has 10 heteroatoms. The molecule has 2 aromatic rings. The van der Waals surface area contributed by atoms with Crippen molar-refractivity contribution < 1.29 is 41.4 Å². The van der Waals surface area contributed by atoms with Crippen LogP contribution < -0.4 is 4.90 Å². The Bertz CT molecular complexity index is 1170. The van der Waals surface area contributed by atoms with Gasteiger partial charge in [0.1, 0.15) is 17.2 Å². The number of nitrogens with zero attached hydrogens (tertiary/aromatic N) is 1. The quantitative estimate of drug-likeness (QED) is 0.331. The molecular weight excluding hydrogens is 413 g/mol. The number of hydrogen-bond acceptors (Lipinski definition) is 4. The lowest BCUT2D eigenvalue weighted by Crippen LogP contribution is -2.44. The smallest absolute Gasteiger partial charge is 0.238 e. The van der Waals surface area contributed by atoms with Gasteiger partial charge in [-0.05, 0) is 23.3 Å². The predicted octanol–water partition coefficient (Wildman–Crippen LogP) is 3.05. The van der Waals surface area contributed by atoms with Crippen LogP contribution in [0.15, 0.2) is 18.2 Å². The van der Waals surface area contributed by atoms with E-state index in [1.807, 2.05) is 0 Å². The number of phenolic OH excluding ortho intramolecular Hbond substituents is 1. The Morgan fingerprint density at radius 1 is 0.800 bits per heavy atom. The number of aromatic hydroxyl groups is 1. The van der Waals surface area contributed by atoms with Gasteiger partial charge in [0, 0.05) is 12.3 Å². The Morgan fingerprint density at radius 2 is 1.37 bits per heavy atom. The summed E-state index contributed by atoms with van der Waals surface area (Å²) in [5.74, 6) is -19.0. The Morgan fingerprint density at radius 3 is 2.00 bits per heavy atom. The van der Waals surface area contributed by atoms with Crippen molar-refractivity contribution in [1.29, 1.82) is 0 Å². The summed E-state index contributed by atoms with van der Waals surface area (Å²) in [4.78, 5) is 38.6. The van der Waals surface area contributed by atoms with E-state index >= 15 is 0 Å². The second kappa shape index (κ2) is 5.87. The highest BCUT2D eigenvalue weighted by Crippen LogP contribution is 2.58. The SMILES string of the molecule is O=C1C[C@H]2c3cc(O)ccc3[C@@H]1[C@@H]1C(=O)N(c3c(F)c(F)c(F)c(F)c3F)C(=O)[C@@H]12. The summed E-state index contributed by atoms with van der Waals surface area (Å²) >= 11 is 0. The van der Waals surface area contributed by atoms with Crippen molar-refractivity contribution in [3.8, 4) is 5.75 Å². The number of amides is 2.